The first-order chi connectivity index (χ1) is 16.2. The predicted molar refractivity (Wildman–Crippen MR) is 130 cm³/mol. The van der Waals surface area contributed by atoms with Gasteiger partial charge in [0.1, 0.15) is 5.82 Å². The standard InChI is InChI=1S/C24H25ClN4O5/c1-15(2)12-28(19(30)14-34-23(32)17-9-6-10-18(25)11-17)20-21(26)29(24(33)27-22(20)31)13-16-7-4-3-5-8-16/h3-11,15H,12-14,26H2,1-2H3,(H,27,31,33). The smallest absolute Gasteiger partial charge is 0.338 e. The van der Waals surface area contributed by atoms with Gasteiger partial charge in [0.05, 0.1) is 12.1 Å². The van der Waals surface area contributed by atoms with Gasteiger partial charge in [-0.15, -0.1) is 0 Å². The number of carbonyl (C=O) groups is 2. The molecule has 0 aliphatic heterocycles. The topological polar surface area (TPSA) is 127 Å². The molecule has 1 amide bonds. The average molecular weight is 485 g/mol. The van der Waals surface area contributed by atoms with Gasteiger partial charge in [0.2, 0.25) is 0 Å². The van der Waals surface area contributed by atoms with Crippen LogP contribution in [0.4, 0.5) is 11.5 Å². The number of nitrogens with one attached hydrogen (secondary N) is 1. The van der Waals surface area contributed by atoms with E-state index in [9.17, 15) is 19.2 Å². The number of rotatable bonds is 8. The Morgan fingerprint density at radius 3 is 2.47 bits per heavy atom. The van der Waals surface area contributed by atoms with Gasteiger partial charge in [0.15, 0.2) is 12.3 Å². The summed E-state index contributed by atoms with van der Waals surface area (Å²) in [6.45, 7) is 3.28. The molecule has 3 N–H and O–H groups in total. The largest absolute Gasteiger partial charge is 0.452 e. The van der Waals surface area contributed by atoms with Crippen LogP contribution in [0.15, 0.2) is 64.2 Å². The van der Waals surface area contributed by atoms with Crippen LogP contribution in [0, 0.1) is 5.92 Å². The zero-order chi connectivity index (χ0) is 24.8. The molecule has 0 fully saturated rings. The molecular weight excluding hydrogens is 460 g/mol. The van der Waals surface area contributed by atoms with Gasteiger partial charge in [-0.3, -0.25) is 19.1 Å². The number of H-pyrrole nitrogens is 1. The molecule has 2 aromatic carbocycles. The molecule has 0 atom stereocenters. The Bertz CT molecular complexity index is 1300. The predicted octanol–water partition coefficient (Wildman–Crippen LogP) is 2.67. The molecule has 9 nitrogen and oxygen atoms in total. The summed E-state index contributed by atoms with van der Waals surface area (Å²) in [6.07, 6.45) is 0. The van der Waals surface area contributed by atoms with Gasteiger partial charge in [0, 0.05) is 11.6 Å². The maximum atomic E-state index is 13.1. The third kappa shape index (κ3) is 5.93. The van der Waals surface area contributed by atoms with Crippen molar-refractivity contribution in [3.63, 3.8) is 0 Å². The first kappa shape index (κ1) is 24.8. The number of esters is 1. The van der Waals surface area contributed by atoms with E-state index in [4.69, 9.17) is 22.1 Å². The lowest BCUT2D eigenvalue weighted by Crippen LogP contribution is -2.44. The Morgan fingerprint density at radius 1 is 1.12 bits per heavy atom. The summed E-state index contributed by atoms with van der Waals surface area (Å²) in [6, 6.07) is 15.2. The molecule has 0 unspecified atom stereocenters. The van der Waals surface area contributed by atoms with E-state index in [2.05, 4.69) is 4.98 Å². The number of ether oxygens (including phenoxy) is 1. The van der Waals surface area contributed by atoms with Crippen molar-refractivity contribution in [2.45, 2.75) is 20.4 Å². The summed E-state index contributed by atoms with van der Waals surface area (Å²) in [5.74, 6) is -1.61. The summed E-state index contributed by atoms with van der Waals surface area (Å²) in [5.41, 5.74) is 5.53. The molecule has 0 saturated heterocycles. The van der Waals surface area contributed by atoms with Crippen LogP contribution in [0.1, 0.15) is 29.8 Å². The third-order valence-electron chi connectivity index (χ3n) is 4.90. The van der Waals surface area contributed by atoms with Crippen molar-refractivity contribution in [3.05, 3.63) is 91.6 Å². The van der Waals surface area contributed by atoms with Crippen LogP contribution < -0.4 is 21.9 Å². The molecule has 1 heterocycles. The highest BCUT2D eigenvalue weighted by atomic mass is 35.5. The van der Waals surface area contributed by atoms with Crippen LogP contribution in [0.3, 0.4) is 0 Å². The number of carbonyl (C=O) groups excluding carboxylic acids is 2. The molecule has 34 heavy (non-hydrogen) atoms. The van der Waals surface area contributed by atoms with Gasteiger partial charge in [-0.2, -0.15) is 0 Å². The van der Waals surface area contributed by atoms with E-state index in [1.165, 1.54) is 16.7 Å². The summed E-state index contributed by atoms with van der Waals surface area (Å²) < 4.78 is 6.33. The van der Waals surface area contributed by atoms with Gasteiger partial charge >= 0.3 is 11.7 Å². The molecule has 0 aliphatic rings. The molecule has 1 aromatic heterocycles. The van der Waals surface area contributed by atoms with Crippen LogP contribution >= 0.6 is 11.6 Å². The minimum absolute atomic E-state index is 0.0547. The molecular formula is C24H25ClN4O5. The van der Waals surface area contributed by atoms with Crippen LogP contribution in [0.25, 0.3) is 0 Å². The number of hydrogen-bond acceptors (Lipinski definition) is 6. The summed E-state index contributed by atoms with van der Waals surface area (Å²) in [7, 11) is 0. The van der Waals surface area contributed by atoms with E-state index in [1.807, 2.05) is 44.2 Å². The molecule has 0 radical (unpaired) electrons. The molecule has 3 rings (SSSR count). The minimum atomic E-state index is -0.804. The van der Waals surface area contributed by atoms with E-state index in [-0.39, 0.29) is 36.1 Å². The zero-order valence-electron chi connectivity index (χ0n) is 18.8. The first-order valence-corrected chi connectivity index (χ1v) is 10.9. The van der Waals surface area contributed by atoms with E-state index >= 15 is 0 Å². The van der Waals surface area contributed by atoms with Gasteiger partial charge in [-0.1, -0.05) is 61.8 Å². The number of nitrogens with zero attached hydrogens (tertiary/aromatic N) is 2. The highest BCUT2D eigenvalue weighted by Crippen LogP contribution is 2.20. The first-order valence-electron chi connectivity index (χ1n) is 10.6. The second-order valence-electron chi connectivity index (χ2n) is 8.05. The SMILES string of the molecule is CC(C)CN(C(=O)COC(=O)c1cccc(Cl)c1)c1c(N)n(Cc2ccccc2)c(=O)[nH]c1=O. The summed E-state index contributed by atoms with van der Waals surface area (Å²) >= 11 is 5.90. The van der Waals surface area contributed by atoms with Gasteiger partial charge in [0.25, 0.3) is 11.5 Å². The van der Waals surface area contributed by atoms with Crippen molar-refractivity contribution >= 4 is 35.0 Å². The van der Waals surface area contributed by atoms with Crippen molar-refractivity contribution in [1.82, 2.24) is 9.55 Å². The van der Waals surface area contributed by atoms with Crippen LogP contribution in [0.5, 0.6) is 0 Å². The van der Waals surface area contributed by atoms with Crippen LogP contribution in [-0.2, 0) is 16.1 Å². The number of hydrogen-bond donors (Lipinski definition) is 2. The van der Waals surface area contributed by atoms with Crippen LogP contribution in [-0.4, -0.2) is 34.6 Å². The highest BCUT2D eigenvalue weighted by molar-refractivity contribution is 6.30. The second kappa shape index (κ2) is 10.8. The van der Waals surface area contributed by atoms with Gasteiger partial charge < -0.3 is 15.4 Å². The Kier molecular flexibility index (Phi) is 7.91. The number of nitrogen functional groups attached to an aromatic ring is 1. The lowest BCUT2D eigenvalue weighted by molar-refractivity contribution is -0.121. The van der Waals surface area contributed by atoms with E-state index in [1.54, 1.807) is 12.1 Å². The van der Waals surface area contributed by atoms with Gasteiger partial charge in [-0.25, -0.2) is 9.59 Å². The molecule has 0 aliphatic carbocycles. The van der Waals surface area contributed by atoms with Gasteiger partial charge in [-0.05, 0) is 29.7 Å². The lowest BCUT2D eigenvalue weighted by atomic mass is 10.2. The van der Waals surface area contributed by atoms with Crippen molar-refractivity contribution < 1.29 is 14.3 Å². The average Bonchev–Trinajstić information content (AvgIpc) is 2.79. The van der Waals surface area contributed by atoms with Crippen molar-refractivity contribution in [3.8, 4) is 0 Å². The van der Waals surface area contributed by atoms with E-state index < -0.39 is 29.7 Å². The number of aromatic nitrogens is 2. The molecule has 0 spiro atoms. The third-order valence-corrected chi connectivity index (χ3v) is 5.14. The normalized spacial score (nSPS) is 10.8. The fourth-order valence-corrected chi connectivity index (χ4v) is 3.54. The number of aromatic amines is 1. The fraction of sp³-hybridized carbons (Fsp3) is 0.250. The number of anilines is 2. The Labute approximate surface area is 200 Å². The quantitative estimate of drug-likeness (QED) is 0.473. The Morgan fingerprint density at radius 2 is 1.82 bits per heavy atom. The Hall–Kier alpha value is -3.85. The number of halogens is 1. The number of nitrogens with two attached hydrogens (primary N) is 1. The number of amides is 1. The monoisotopic (exact) mass is 484 g/mol. The lowest BCUT2D eigenvalue weighted by Gasteiger charge is -2.26. The second-order valence-corrected chi connectivity index (χ2v) is 8.49. The van der Waals surface area contributed by atoms with Crippen molar-refractivity contribution in [2.75, 3.05) is 23.8 Å². The van der Waals surface area contributed by atoms with Crippen molar-refractivity contribution in [1.29, 1.82) is 0 Å². The maximum absolute atomic E-state index is 13.1. The molecule has 3 aromatic rings. The molecule has 0 bridgehead atoms. The molecule has 178 valence electrons. The summed E-state index contributed by atoms with van der Waals surface area (Å²) in [5, 5.41) is 0.349. The maximum Gasteiger partial charge on any atom is 0.338 e. The molecule has 0 saturated carbocycles. The zero-order valence-corrected chi connectivity index (χ0v) is 19.5. The van der Waals surface area contributed by atoms with Crippen molar-refractivity contribution in [2.24, 2.45) is 5.92 Å². The van der Waals surface area contributed by atoms with E-state index in [0.29, 0.717) is 5.02 Å². The molecule has 10 heteroatoms. The Balaban J connectivity index is 1.91. The minimum Gasteiger partial charge on any atom is -0.452 e. The number of benzene rings is 2. The van der Waals surface area contributed by atoms with E-state index in [0.717, 1.165) is 10.5 Å². The highest BCUT2D eigenvalue weighted by Gasteiger charge is 2.26. The van der Waals surface area contributed by atoms with Crippen LogP contribution in [0.2, 0.25) is 5.02 Å². The summed E-state index contributed by atoms with van der Waals surface area (Å²) in [4.78, 5) is 54.0. The fourth-order valence-electron chi connectivity index (χ4n) is 3.35.